The van der Waals surface area contributed by atoms with Gasteiger partial charge in [0.15, 0.2) is 0 Å². The van der Waals surface area contributed by atoms with Gasteiger partial charge in [-0.15, -0.1) is 0 Å². The Bertz CT molecular complexity index is 850. The molecule has 1 unspecified atom stereocenters. The van der Waals surface area contributed by atoms with Crippen LogP contribution in [0.3, 0.4) is 0 Å². The molecule has 0 radical (unpaired) electrons. The number of para-hydroxylation sites is 1. The molecule has 1 aromatic carbocycles. The van der Waals surface area contributed by atoms with Gasteiger partial charge >= 0.3 is 18.2 Å². The van der Waals surface area contributed by atoms with E-state index in [1.807, 2.05) is 0 Å². The number of aromatic nitrogens is 1. The van der Waals surface area contributed by atoms with E-state index in [4.69, 9.17) is 4.74 Å². The fraction of sp³-hybridized carbons (Fsp3) is 0.412. The first-order valence-corrected chi connectivity index (χ1v) is 7.54. The van der Waals surface area contributed by atoms with Crippen molar-refractivity contribution < 1.29 is 37.3 Å². The fourth-order valence-electron chi connectivity index (χ4n) is 2.46. The summed E-state index contributed by atoms with van der Waals surface area (Å²) in [6.45, 7) is 4.79. The number of ether oxygens (including phenoxy) is 2. The second-order valence-electron chi connectivity index (χ2n) is 6.61. The van der Waals surface area contributed by atoms with Crippen LogP contribution in [0.5, 0.6) is 0 Å². The first kappa shape index (κ1) is 19.8. The molecule has 0 aliphatic heterocycles. The molecule has 0 fully saturated rings. The zero-order valence-electron chi connectivity index (χ0n) is 14.5. The molecule has 142 valence electrons. The summed E-state index contributed by atoms with van der Waals surface area (Å²) < 4.78 is 50.8. The number of carbonyl (C=O) groups is 2. The molecule has 1 N–H and O–H groups in total. The molecule has 1 atom stereocenters. The second-order valence-corrected chi connectivity index (χ2v) is 6.61. The zero-order chi connectivity index (χ0) is 19.9. The van der Waals surface area contributed by atoms with Crippen LogP contribution in [0.25, 0.3) is 10.9 Å². The van der Waals surface area contributed by atoms with Crippen LogP contribution in [-0.4, -0.2) is 40.6 Å². The molecule has 26 heavy (non-hydrogen) atoms. The number of alkyl halides is 3. The van der Waals surface area contributed by atoms with Crippen LogP contribution in [0.15, 0.2) is 30.5 Å². The van der Waals surface area contributed by atoms with E-state index in [9.17, 15) is 27.9 Å². The Labute approximate surface area is 147 Å². The van der Waals surface area contributed by atoms with Crippen molar-refractivity contribution in [2.75, 3.05) is 7.11 Å². The third kappa shape index (κ3) is 3.26. The van der Waals surface area contributed by atoms with Crippen LogP contribution in [0.4, 0.5) is 18.0 Å². The molecule has 0 aliphatic carbocycles. The lowest BCUT2D eigenvalue weighted by Gasteiger charge is -2.27. The largest absolute Gasteiger partial charge is 0.466 e. The lowest BCUT2D eigenvalue weighted by Crippen LogP contribution is -2.49. The lowest BCUT2D eigenvalue weighted by molar-refractivity contribution is -0.266. The molecule has 0 spiro atoms. The average Bonchev–Trinajstić information content (AvgIpc) is 2.90. The standard InChI is InChI=1S/C17H18F3NO5/c1-15(2,3)26-14(23)21-9-11(10-7-5-6-8-12(10)21)16(24,13(22)25-4)17(18,19)20/h5-9,24H,1-4H3. The van der Waals surface area contributed by atoms with Crippen molar-refractivity contribution in [1.29, 1.82) is 0 Å². The van der Waals surface area contributed by atoms with Crippen LogP contribution >= 0.6 is 0 Å². The van der Waals surface area contributed by atoms with Gasteiger partial charge in [-0.25, -0.2) is 9.59 Å². The Kier molecular flexibility index (Phi) is 4.80. The molecule has 0 saturated carbocycles. The molecule has 2 rings (SSSR count). The molecule has 2 aromatic rings. The number of aliphatic hydroxyl groups is 1. The predicted octanol–water partition coefficient (Wildman–Crippen LogP) is 3.35. The van der Waals surface area contributed by atoms with E-state index in [2.05, 4.69) is 4.74 Å². The smallest absolute Gasteiger partial charge is 0.432 e. The highest BCUT2D eigenvalue weighted by Crippen LogP contribution is 2.43. The van der Waals surface area contributed by atoms with Crippen LogP contribution in [0, 0.1) is 0 Å². The predicted molar refractivity (Wildman–Crippen MR) is 85.5 cm³/mol. The minimum atomic E-state index is -5.37. The monoisotopic (exact) mass is 373 g/mol. The summed E-state index contributed by atoms with van der Waals surface area (Å²) in [7, 11) is 0.728. The van der Waals surface area contributed by atoms with E-state index in [0.717, 1.165) is 17.9 Å². The average molecular weight is 373 g/mol. The van der Waals surface area contributed by atoms with Crippen molar-refractivity contribution in [2.24, 2.45) is 0 Å². The van der Waals surface area contributed by atoms with Gasteiger partial charge in [0, 0.05) is 17.1 Å². The Hall–Kier alpha value is -2.55. The van der Waals surface area contributed by atoms with Crippen molar-refractivity contribution in [3.05, 3.63) is 36.0 Å². The number of esters is 1. The normalized spacial score (nSPS) is 14.8. The number of nitrogens with zero attached hydrogens (tertiary/aromatic N) is 1. The van der Waals surface area contributed by atoms with Crippen molar-refractivity contribution in [2.45, 2.75) is 38.1 Å². The van der Waals surface area contributed by atoms with Gasteiger partial charge in [0.1, 0.15) is 5.60 Å². The number of halogens is 3. The highest BCUT2D eigenvalue weighted by atomic mass is 19.4. The van der Waals surface area contributed by atoms with E-state index < -0.39 is 35.0 Å². The number of hydrogen-bond acceptors (Lipinski definition) is 5. The van der Waals surface area contributed by atoms with E-state index >= 15 is 0 Å². The summed E-state index contributed by atoms with van der Waals surface area (Å²) in [6, 6.07) is 5.54. The number of benzene rings is 1. The molecule has 6 nitrogen and oxygen atoms in total. The first-order chi connectivity index (χ1) is 11.8. The maximum absolute atomic E-state index is 13.6. The molecule has 1 aromatic heterocycles. The van der Waals surface area contributed by atoms with Crippen molar-refractivity contribution >= 4 is 23.0 Å². The molecular weight excluding hydrogens is 355 g/mol. The quantitative estimate of drug-likeness (QED) is 0.817. The molecule has 0 amide bonds. The van der Waals surface area contributed by atoms with Crippen LogP contribution < -0.4 is 0 Å². The van der Waals surface area contributed by atoms with E-state index in [-0.39, 0.29) is 10.9 Å². The van der Waals surface area contributed by atoms with Gasteiger partial charge in [-0.05, 0) is 26.8 Å². The maximum atomic E-state index is 13.6. The molecule has 0 bridgehead atoms. The molecule has 9 heteroatoms. The minimum absolute atomic E-state index is 0.0447. The van der Waals surface area contributed by atoms with Gasteiger partial charge < -0.3 is 14.6 Å². The minimum Gasteiger partial charge on any atom is -0.466 e. The van der Waals surface area contributed by atoms with E-state index in [1.54, 1.807) is 20.8 Å². The molecule has 0 saturated heterocycles. The lowest BCUT2D eigenvalue weighted by atomic mass is 9.93. The molecule has 0 aliphatic rings. The summed E-state index contributed by atoms with van der Waals surface area (Å²) in [5.41, 5.74) is -5.61. The van der Waals surface area contributed by atoms with Crippen molar-refractivity contribution in [1.82, 2.24) is 4.57 Å². The summed E-state index contributed by atoms with van der Waals surface area (Å²) >= 11 is 0. The molecular formula is C17H18F3NO5. The highest BCUT2D eigenvalue weighted by Gasteiger charge is 2.63. The van der Waals surface area contributed by atoms with Gasteiger partial charge in [-0.3, -0.25) is 4.57 Å². The topological polar surface area (TPSA) is 77.8 Å². The van der Waals surface area contributed by atoms with Gasteiger partial charge in [-0.2, -0.15) is 13.2 Å². The van der Waals surface area contributed by atoms with E-state index in [0.29, 0.717) is 0 Å². The van der Waals surface area contributed by atoms with Gasteiger partial charge in [0.05, 0.1) is 12.6 Å². The number of hydrogen-bond donors (Lipinski definition) is 1. The van der Waals surface area contributed by atoms with E-state index in [1.165, 1.54) is 24.3 Å². The summed E-state index contributed by atoms with van der Waals surface area (Å²) in [5, 5.41) is 10.1. The summed E-state index contributed by atoms with van der Waals surface area (Å²) in [6.07, 6.45) is -5.58. The third-order valence-corrected chi connectivity index (χ3v) is 3.58. The highest BCUT2D eigenvalue weighted by molar-refractivity contribution is 5.96. The summed E-state index contributed by atoms with van der Waals surface area (Å²) in [5.74, 6) is -1.91. The molecule has 1 heterocycles. The summed E-state index contributed by atoms with van der Waals surface area (Å²) in [4.78, 5) is 24.2. The van der Waals surface area contributed by atoms with Crippen molar-refractivity contribution in [3.63, 3.8) is 0 Å². The number of carbonyl (C=O) groups excluding carboxylic acids is 2. The first-order valence-electron chi connectivity index (χ1n) is 7.54. The Morgan fingerprint density at radius 2 is 1.69 bits per heavy atom. The number of fused-ring (bicyclic) bond motifs is 1. The van der Waals surface area contributed by atoms with Crippen LogP contribution in [-0.2, 0) is 19.9 Å². The maximum Gasteiger partial charge on any atom is 0.432 e. The Morgan fingerprint density at radius 3 is 2.19 bits per heavy atom. The fourth-order valence-corrected chi connectivity index (χ4v) is 2.46. The van der Waals surface area contributed by atoms with Gasteiger partial charge in [-0.1, -0.05) is 18.2 Å². The Balaban J connectivity index is 2.76. The number of rotatable bonds is 2. The van der Waals surface area contributed by atoms with Gasteiger partial charge in [0.2, 0.25) is 0 Å². The number of methoxy groups -OCH3 is 1. The zero-order valence-corrected chi connectivity index (χ0v) is 14.5. The van der Waals surface area contributed by atoms with Gasteiger partial charge in [0.25, 0.3) is 5.60 Å². The van der Waals surface area contributed by atoms with Crippen molar-refractivity contribution in [3.8, 4) is 0 Å². The van der Waals surface area contributed by atoms with Crippen LogP contribution in [0.2, 0.25) is 0 Å². The second kappa shape index (κ2) is 6.31. The Morgan fingerprint density at radius 1 is 1.12 bits per heavy atom. The van der Waals surface area contributed by atoms with Crippen LogP contribution in [0.1, 0.15) is 26.3 Å². The SMILES string of the molecule is COC(=O)C(O)(c1cn(C(=O)OC(C)(C)C)c2ccccc12)C(F)(F)F. The third-order valence-electron chi connectivity index (χ3n) is 3.58.